The summed E-state index contributed by atoms with van der Waals surface area (Å²) < 4.78 is 0. The lowest BCUT2D eigenvalue weighted by atomic mass is 10.0. The first-order chi connectivity index (χ1) is 6.36. The average molecular weight is 173 g/mol. The van der Waals surface area contributed by atoms with Crippen molar-refractivity contribution in [3.8, 4) is 0 Å². The number of anilines is 1. The third kappa shape index (κ3) is 1.46. The van der Waals surface area contributed by atoms with Crippen LogP contribution in [0.5, 0.6) is 0 Å². The van der Waals surface area contributed by atoms with Crippen LogP contribution in [0, 0.1) is 0 Å². The molecule has 1 saturated heterocycles. The Morgan fingerprint density at radius 3 is 2.77 bits per heavy atom. The van der Waals surface area contributed by atoms with Crippen molar-refractivity contribution in [2.75, 3.05) is 18.0 Å². The Kier molecular flexibility index (Phi) is 2.09. The van der Waals surface area contributed by atoms with E-state index in [0.717, 1.165) is 6.42 Å². The van der Waals surface area contributed by atoms with Crippen LogP contribution in [0.3, 0.4) is 0 Å². The molecule has 0 unspecified atom stereocenters. The quantitative estimate of drug-likeness (QED) is 0.635. The minimum absolute atomic E-state index is 1.09. The van der Waals surface area contributed by atoms with E-state index in [0.29, 0.717) is 0 Å². The molecule has 0 bridgehead atoms. The highest BCUT2D eigenvalue weighted by Crippen LogP contribution is 2.29. The Morgan fingerprint density at radius 2 is 2.23 bits per heavy atom. The fraction of sp³-hybridized carbons (Fsp3) is 0.333. The van der Waals surface area contributed by atoms with E-state index in [9.17, 15) is 0 Å². The molecule has 1 aliphatic rings. The molecular weight excluding hydrogens is 158 g/mol. The topological polar surface area (TPSA) is 3.01 Å². The van der Waals surface area contributed by atoms with Crippen LogP contribution in [0.25, 0.3) is 6.08 Å². The third-order valence-corrected chi connectivity index (χ3v) is 2.55. The highest BCUT2D eigenvalue weighted by atomic mass is 15.3. The van der Waals surface area contributed by atoms with Crippen molar-refractivity contribution >= 4 is 11.8 Å². The van der Waals surface area contributed by atoms with Crippen LogP contribution in [-0.2, 0) is 6.42 Å². The van der Waals surface area contributed by atoms with Gasteiger partial charge in [-0.2, -0.15) is 0 Å². The Morgan fingerprint density at radius 1 is 1.46 bits per heavy atom. The first-order valence-corrected chi connectivity index (χ1v) is 4.86. The molecule has 13 heavy (non-hydrogen) atoms. The molecule has 1 fully saturated rings. The third-order valence-electron chi connectivity index (χ3n) is 2.55. The zero-order valence-corrected chi connectivity index (χ0v) is 8.09. The van der Waals surface area contributed by atoms with Gasteiger partial charge in [-0.25, -0.2) is 0 Å². The van der Waals surface area contributed by atoms with Gasteiger partial charge in [0.15, 0.2) is 0 Å². The first kappa shape index (κ1) is 8.36. The summed E-state index contributed by atoms with van der Waals surface area (Å²) in [5, 5.41) is 0. The van der Waals surface area contributed by atoms with Gasteiger partial charge < -0.3 is 4.90 Å². The molecule has 0 N–H and O–H groups in total. The molecule has 0 spiro atoms. The maximum Gasteiger partial charge on any atom is 0.0405 e. The Hall–Kier alpha value is -1.24. The number of rotatable bonds is 3. The highest BCUT2D eigenvalue weighted by molar-refractivity contribution is 5.66. The van der Waals surface area contributed by atoms with Crippen molar-refractivity contribution in [3.63, 3.8) is 0 Å². The van der Waals surface area contributed by atoms with Crippen molar-refractivity contribution in [2.24, 2.45) is 0 Å². The number of hydrogen-bond donors (Lipinski definition) is 0. The van der Waals surface area contributed by atoms with Gasteiger partial charge in [0.05, 0.1) is 0 Å². The van der Waals surface area contributed by atoms with Gasteiger partial charge in [-0.05, 0) is 23.6 Å². The molecule has 1 heterocycles. The first-order valence-electron chi connectivity index (χ1n) is 4.86. The number of hydrogen-bond acceptors (Lipinski definition) is 1. The predicted molar refractivity (Wildman–Crippen MR) is 58.1 cm³/mol. The molecule has 1 aromatic rings. The number of benzene rings is 1. The summed E-state index contributed by atoms with van der Waals surface area (Å²) in [7, 11) is 0. The standard InChI is InChI=1S/C12H15N/c1-3-10-6-5-7-12(11(10)4-2)13-8-9-13/h3,5-7H,1,4,8-9H2,2H3. The van der Waals surface area contributed by atoms with Crippen LogP contribution in [0.2, 0.25) is 0 Å². The molecule has 1 heteroatoms. The second kappa shape index (κ2) is 3.25. The second-order valence-corrected chi connectivity index (χ2v) is 3.39. The average Bonchev–Trinajstić information content (AvgIpc) is 2.99. The fourth-order valence-electron chi connectivity index (χ4n) is 1.76. The lowest BCUT2D eigenvalue weighted by Gasteiger charge is -2.11. The van der Waals surface area contributed by atoms with Crippen LogP contribution in [0.4, 0.5) is 5.69 Å². The molecule has 1 aromatic carbocycles. The molecule has 0 aromatic heterocycles. The van der Waals surface area contributed by atoms with Crippen molar-refractivity contribution in [3.05, 3.63) is 35.9 Å². The molecule has 0 saturated carbocycles. The molecular formula is C12H15N. The molecule has 2 rings (SSSR count). The summed E-state index contributed by atoms with van der Waals surface area (Å²) >= 11 is 0. The van der Waals surface area contributed by atoms with Crippen LogP contribution in [0.1, 0.15) is 18.1 Å². The van der Waals surface area contributed by atoms with E-state index in [1.807, 2.05) is 6.08 Å². The fourth-order valence-corrected chi connectivity index (χ4v) is 1.76. The molecule has 0 atom stereocenters. The summed E-state index contributed by atoms with van der Waals surface area (Å²) in [5.74, 6) is 0. The summed E-state index contributed by atoms with van der Waals surface area (Å²) in [6.45, 7) is 8.48. The summed E-state index contributed by atoms with van der Waals surface area (Å²) in [6, 6.07) is 6.46. The van der Waals surface area contributed by atoms with E-state index in [1.165, 1.54) is 29.9 Å². The lowest BCUT2D eigenvalue weighted by molar-refractivity contribution is 1.12. The van der Waals surface area contributed by atoms with Gasteiger partial charge in [-0.1, -0.05) is 31.7 Å². The zero-order chi connectivity index (χ0) is 9.26. The van der Waals surface area contributed by atoms with E-state index in [-0.39, 0.29) is 0 Å². The van der Waals surface area contributed by atoms with Gasteiger partial charge >= 0.3 is 0 Å². The highest BCUT2D eigenvalue weighted by Gasteiger charge is 2.20. The molecule has 0 radical (unpaired) electrons. The smallest absolute Gasteiger partial charge is 0.0405 e. The van der Waals surface area contributed by atoms with Gasteiger partial charge in [0.1, 0.15) is 0 Å². The van der Waals surface area contributed by atoms with Crippen LogP contribution >= 0.6 is 0 Å². The minimum Gasteiger partial charge on any atom is -0.368 e. The van der Waals surface area contributed by atoms with E-state index in [1.54, 1.807) is 0 Å². The van der Waals surface area contributed by atoms with E-state index < -0.39 is 0 Å². The SMILES string of the molecule is C=Cc1cccc(N2CC2)c1CC. The van der Waals surface area contributed by atoms with Crippen molar-refractivity contribution in [1.29, 1.82) is 0 Å². The molecule has 0 aliphatic carbocycles. The number of nitrogens with zero attached hydrogens (tertiary/aromatic N) is 1. The summed E-state index contributed by atoms with van der Waals surface area (Å²) in [6.07, 6.45) is 3.04. The largest absolute Gasteiger partial charge is 0.368 e. The second-order valence-electron chi connectivity index (χ2n) is 3.39. The molecule has 1 nitrogen and oxygen atoms in total. The maximum atomic E-state index is 3.84. The Bertz CT molecular complexity index is 324. The van der Waals surface area contributed by atoms with E-state index in [4.69, 9.17) is 0 Å². The van der Waals surface area contributed by atoms with Crippen molar-refractivity contribution in [2.45, 2.75) is 13.3 Å². The lowest BCUT2D eigenvalue weighted by Crippen LogP contribution is -1.98. The van der Waals surface area contributed by atoms with Crippen LogP contribution in [-0.4, -0.2) is 13.1 Å². The van der Waals surface area contributed by atoms with E-state index in [2.05, 4.69) is 36.6 Å². The molecule has 0 amide bonds. The summed E-state index contributed by atoms with van der Waals surface area (Å²) in [5.41, 5.74) is 4.13. The summed E-state index contributed by atoms with van der Waals surface area (Å²) in [4.78, 5) is 2.39. The normalized spacial score (nSPS) is 14.4. The van der Waals surface area contributed by atoms with E-state index >= 15 is 0 Å². The minimum atomic E-state index is 1.09. The molecule has 1 aliphatic heterocycles. The van der Waals surface area contributed by atoms with Crippen LogP contribution < -0.4 is 4.90 Å². The Balaban J connectivity index is 2.47. The van der Waals surface area contributed by atoms with Crippen molar-refractivity contribution in [1.82, 2.24) is 0 Å². The van der Waals surface area contributed by atoms with Gasteiger partial charge in [-0.3, -0.25) is 0 Å². The van der Waals surface area contributed by atoms with Gasteiger partial charge in [0.2, 0.25) is 0 Å². The van der Waals surface area contributed by atoms with Crippen LogP contribution in [0.15, 0.2) is 24.8 Å². The van der Waals surface area contributed by atoms with Gasteiger partial charge in [0, 0.05) is 18.8 Å². The van der Waals surface area contributed by atoms with Gasteiger partial charge in [-0.15, -0.1) is 0 Å². The Labute approximate surface area is 79.7 Å². The monoisotopic (exact) mass is 173 g/mol. The zero-order valence-electron chi connectivity index (χ0n) is 8.09. The van der Waals surface area contributed by atoms with Crippen molar-refractivity contribution < 1.29 is 0 Å². The predicted octanol–water partition coefficient (Wildman–Crippen LogP) is 2.71. The van der Waals surface area contributed by atoms with Gasteiger partial charge in [0.25, 0.3) is 0 Å². The molecule has 68 valence electrons. The maximum absolute atomic E-state index is 3.84.